The van der Waals surface area contributed by atoms with Gasteiger partial charge in [-0.1, -0.05) is 12.8 Å². The quantitative estimate of drug-likeness (QED) is 0.917. The number of likely N-dealkylation sites (tertiary alicyclic amines) is 1. The molecule has 1 aliphatic heterocycles. The van der Waals surface area contributed by atoms with Crippen molar-refractivity contribution in [3.8, 4) is 0 Å². The van der Waals surface area contributed by atoms with Gasteiger partial charge in [0.15, 0.2) is 0 Å². The van der Waals surface area contributed by atoms with Gasteiger partial charge in [0.05, 0.1) is 6.20 Å². The Hall–Kier alpha value is -0.870. The van der Waals surface area contributed by atoms with Crippen LogP contribution in [-0.2, 0) is 7.05 Å². The molecule has 0 amide bonds. The van der Waals surface area contributed by atoms with Crippen molar-refractivity contribution in [2.45, 2.75) is 63.6 Å². The molecule has 0 radical (unpaired) electrons. The minimum Gasteiger partial charge on any atom is -0.307 e. The normalized spacial score (nSPS) is 24.3. The molecule has 112 valence electrons. The summed E-state index contributed by atoms with van der Waals surface area (Å²) in [6.45, 7) is 4.81. The fourth-order valence-corrected chi connectivity index (χ4v) is 3.81. The number of aromatic nitrogens is 2. The lowest BCUT2D eigenvalue weighted by atomic mass is 10.0. The second-order valence-corrected chi connectivity index (χ2v) is 6.58. The van der Waals surface area contributed by atoms with Crippen LogP contribution in [0.25, 0.3) is 0 Å². The van der Waals surface area contributed by atoms with Gasteiger partial charge in [0.2, 0.25) is 0 Å². The summed E-state index contributed by atoms with van der Waals surface area (Å²) < 4.78 is 1.89. The van der Waals surface area contributed by atoms with Crippen molar-refractivity contribution >= 4 is 0 Å². The Balaban J connectivity index is 1.46. The molecule has 1 aromatic rings. The highest BCUT2D eigenvalue weighted by atomic mass is 15.2. The summed E-state index contributed by atoms with van der Waals surface area (Å²) in [5, 5.41) is 8.04. The van der Waals surface area contributed by atoms with E-state index in [0.29, 0.717) is 12.1 Å². The number of hydrogen-bond acceptors (Lipinski definition) is 3. The van der Waals surface area contributed by atoms with Gasteiger partial charge in [-0.15, -0.1) is 0 Å². The highest BCUT2D eigenvalue weighted by molar-refractivity contribution is 5.09. The van der Waals surface area contributed by atoms with Gasteiger partial charge in [0.1, 0.15) is 0 Å². The van der Waals surface area contributed by atoms with Crippen LogP contribution in [0, 0.1) is 0 Å². The molecule has 3 rings (SSSR count). The van der Waals surface area contributed by atoms with Gasteiger partial charge in [-0.05, 0) is 45.7 Å². The molecule has 2 aliphatic rings. The summed E-state index contributed by atoms with van der Waals surface area (Å²) in [5.74, 6) is 0. The maximum absolute atomic E-state index is 4.26. The van der Waals surface area contributed by atoms with Gasteiger partial charge in [-0.25, -0.2) is 0 Å². The van der Waals surface area contributed by atoms with Crippen LogP contribution in [0.3, 0.4) is 0 Å². The maximum atomic E-state index is 4.26. The molecule has 0 spiro atoms. The molecule has 1 atom stereocenters. The first-order chi connectivity index (χ1) is 9.72. The van der Waals surface area contributed by atoms with E-state index >= 15 is 0 Å². The van der Waals surface area contributed by atoms with Crippen molar-refractivity contribution in [3.05, 3.63) is 18.0 Å². The lowest BCUT2D eigenvalue weighted by Gasteiger charge is -2.37. The molecule has 1 N–H and O–H groups in total. The van der Waals surface area contributed by atoms with Gasteiger partial charge < -0.3 is 10.2 Å². The Morgan fingerprint density at radius 3 is 2.50 bits per heavy atom. The number of rotatable bonds is 4. The Kier molecular flexibility index (Phi) is 4.41. The van der Waals surface area contributed by atoms with Crippen molar-refractivity contribution in [1.82, 2.24) is 20.0 Å². The predicted octanol–water partition coefficient (Wildman–Crippen LogP) is 2.48. The first kappa shape index (κ1) is 14.1. The van der Waals surface area contributed by atoms with Gasteiger partial charge in [-0.3, -0.25) is 4.68 Å². The molecule has 1 aromatic heterocycles. The fraction of sp³-hybridized carbons (Fsp3) is 0.812. The van der Waals surface area contributed by atoms with Crippen molar-refractivity contribution < 1.29 is 0 Å². The van der Waals surface area contributed by atoms with Gasteiger partial charge in [0.25, 0.3) is 0 Å². The summed E-state index contributed by atoms with van der Waals surface area (Å²) in [5.41, 5.74) is 1.30. The average molecular weight is 276 g/mol. The number of hydrogen-bond donors (Lipinski definition) is 1. The third kappa shape index (κ3) is 3.23. The van der Waals surface area contributed by atoms with Crippen LogP contribution in [0.5, 0.6) is 0 Å². The standard InChI is InChI=1S/C16H28N4/c1-13(14-11-17-19(2)12-14)18-15-7-9-20(10-8-15)16-5-3-4-6-16/h11-13,15-16,18H,3-10H2,1-2H3. The third-order valence-corrected chi connectivity index (χ3v) is 5.08. The topological polar surface area (TPSA) is 33.1 Å². The van der Waals surface area contributed by atoms with Crippen molar-refractivity contribution in [2.75, 3.05) is 13.1 Å². The lowest BCUT2D eigenvalue weighted by molar-refractivity contribution is 0.141. The molecular formula is C16H28N4. The van der Waals surface area contributed by atoms with E-state index < -0.39 is 0 Å². The third-order valence-electron chi connectivity index (χ3n) is 5.08. The van der Waals surface area contributed by atoms with Crippen LogP contribution in [0.15, 0.2) is 12.4 Å². The lowest BCUT2D eigenvalue weighted by Crippen LogP contribution is -2.46. The largest absolute Gasteiger partial charge is 0.307 e. The monoisotopic (exact) mass is 276 g/mol. The van der Waals surface area contributed by atoms with E-state index in [4.69, 9.17) is 0 Å². The van der Waals surface area contributed by atoms with E-state index in [9.17, 15) is 0 Å². The van der Waals surface area contributed by atoms with E-state index in [0.717, 1.165) is 6.04 Å². The molecule has 1 aliphatic carbocycles. The fourth-order valence-electron chi connectivity index (χ4n) is 3.81. The highest BCUT2D eigenvalue weighted by Crippen LogP contribution is 2.26. The molecule has 2 fully saturated rings. The Bertz CT molecular complexity index is 414. The molecule has 0 bridgehead atoms. The SMILES string of the molecule is CC(NC1CCN(C2CCCC2)CC1)c1cnn(C)c1. The minimum atomic E-state index is 0.409. The minimum absolute atomic E-state index is 0.409. The van der Waals surface area contributed by atoms with Crippen LogP contribution in [0.1, 0.15) is 57.1 Å². The molecule has 4 nitrogen and oxygen atoms in total. The summed E-state index contributed by atoms with van der Waals surface area (Å²) in [6.07, 6.45) is 12.4. The number of nitrogens with one attached hydrogen (secondary N) is 1. The Morgan fingerprint density at radius 2 is 1.90 bits per heavy atom. The molecule has 20 heavy (non-hydrogen) atoms. The molecule has 1 unspecified atom stereocenters. The van der Waals surface area contributed by atoms with Crippen LogP contribution in [-0.4, -0.2) is 39.9 Å². The van der Waals surface area contributed by atoms with Crippen LogP contribution in [0.4, 0.5) is 0 Å². The summed E-state index contributed by atoms with van der Waals surface area (Å²) in [7, 11) is 1.98. The van der Waals surface area contributed by atoms with Crippen molar-refractivity contribution in [3.63, 3.8) is 0 Å². The first-order valence-corrected chi connectivity index (χ1v) is 8.21. The van der Waals surface area contributed by atoms with E-state index in [1.807, 2.05) is 17.9 Å². The molecular weight excluding hydrogens is 248 g/mol. The molecule has 1 saturated carbocycles. The van der Waals surface area contributed by atoms with Gasteiger partial charge in [-0.2, -0.15) is 5.10 Å². The van der Waals surface area contributed by atoms with E-state index in [1.54, 1.807) is 0 Å². The van der Waals surface area contributed by atoms with Crippen LogP contribution in [0.2, 0.25) is 0 Å². The van der Waals surface area contributed by atoms with E-state index in [2.05, 4.69) is 28.4 Å². The molecule has 2 heterocycles. The van der Waals surface area contributed by atoms with E-state index in [1.165, 1.54) is 57.2 Å². The van der Waals surface area contributed by atoms with E-state index in [-0.39, 0.29) is 0 Å². The molecule has 4 heteroatoms. The summed E-state index contributed by atoms with van der Waals surface area (Å²) >= 11 is 0. The van der Waals surface area contributed by atoms with Crippen LogP contribution >= 0.6 is 0 Å². The maximum Gasteiger partial charge on any atom is 0.0537 e. The van der Waals surface area contributed by atoms with Gasteiger partial charge in [0, 0.05) is 36.9 Å². The first-order valence-electron chi connectivity index (χ1n) is 8.21. The highest BCUT2D eigenvalue weighted by Gasteiger charge is 2.27. The van der Waals surface area contributed by atoms with Crippen LogP contribution < -0.4 is 5.32 Å². The zero-order chi connectivity index (χ0) is 13.9. The second kappa shape index (κ2) is 6.27. The summed E-state index contributed by atoms with van der Waals surface area (Å²) in [4.78, 5) is 2.74. The Labute approximate surface area is 122 Å². The van der Waals surface area contributed by atoms with Crippen molar-refractivity contribution in [2.24, 2.45) is 7.05 Å². The number of aryl methyl sites for hydroxylation is 1. The molecule has 0 aromatic carbocycles. The number of piperidine rings is 1. The Morgan fingerprint density at radius 1 is 1.20 bits per heavy atom. The molecule has 1 saturated heterocycles. The summed E-state index contributed by atoms with van der Waals surface area (Å²) in [6, 6.07) is 1.97. The zero-order valence-corrected chi connectivity index (χ0v) is 12.9. The van der Waals surface area contributed by atoms with Crippen molar-refractivity contribution in [1.29, 1.82) is 0 Å². The zero-order valence-electron chi connectivity index (χ0n) is 12.9. The smallest absolute Gasteiger partial charge is 0.0537 e. The van der Waals surface area contributed by atoms with Gasteiger partial charge >= 0.3 is 0 Å². The second-order valence-electron chi connectivity index (χ2n) is 6.58. The average Bonchev–Trinajstić information content (AvgIpc) is 3.10. The number of nitrogens with zero attached hydrogens (tertiary/aromatic N) is 3. The predicted molar refractivity (Wildman–Crippen MR) is 81.6 cm³/mol.